The van der Waals surface area contributed by atoms with Crippen molar-refractivity contribution in [2.24, 2.45) is 5.92 Å². The zero-order valence-electron chi connectivity index (χ0n) is 16.0. The summed E-state index contributed by atoms with van der Waals surface area (Å²) in [5.74, 6) is -0.715. The van der Waals surface area contributed by atoms with E-state index in [2.05, 4.69) is 15.3 Å². The molecule has 0 bridgehead atoms. The van der Waals surface area contributed by atoms with Gasteiger partial charge in [0, 0.05) is 21.9 Å². The minimum Gasteiger partial charge on any atom is -0.294 e. The summed E-state index contributed by atoms with van der Waals surface area (Å²) in [7, 11) is -7.91. The summed E-state index contributed by atoms with van der Waals surface area (Å²) in [6.07, 6.45) is 3.76. The normalized spacial score (nSPS) is 14.8. The SMILES string of the molecule is Cc1ccccc1S(=O)(=O)n1cc(I)c2c(S(C)(=O)=O)nc(NC(=O)C3CC3)nc21. The van der Waals surface area contributed by atoms with E-state index in [1.165, 1.54) is 12.3 Å². The fourth-order valence-corrected chi connectivity index (χ4v) is 6.56. The molecule has 12 heteroatoms. The Morgan fingerprint density at radius 2 is 1.83 bits per heavy atom. The first kappa shape index (κ1) is 21.2. The molecular formula is C18H17IN4O5S2. The molecule has 2 heterocycles. The van der Waals surface area contributed by atoms with Crippen LogP contribution in [0.3, 0.4) is 0 Å². The van der Waals surface area contributed by atoms with Crippen molar-refractivity contribution in [2.45, 2.75) is 29.7 Å². The highest BCUT2D eigenvalue weighted by atomic mass is 127. The summed E-state index contributed by atoms with van der Waals surface area (Å²) in [5.41, 5.74) is 0.429. The number of hydrogen-bond donors (Lipinski definition) is 1. The molecule has 0 unspecified atom stereocenters. The Hall–Kier alpha value is -2.06. The second-order valence-electron chi connectivity index (χ2n) is 7.13. The van der Waals surface area contributed by atoms with Gasteiger partial charge in [0.2, 0.25) is 11.9 Å². The first-order chi connectivity index (χ1) is 14.0. The lowest BCUT2D eigenvalue weighted by Crippen LogP contribution is -2.18. The Morgan fingerprint density at radius 1 is 1.17 bits per heavy atom. The molecular weight excluding hydrogens is 543 g/mol. The molecule has 0 aliphatic heterocycles. The standard InChI is InChI=1S/C18H17IN4O5S2/c1-10-5-3-4-6-13(10)30(27,28)23-9-12(19)14-15(23)20-18(21-16(24)11-7-8-11)22-17(14)29(2,25)26/h3-6,9,11H,7-8H2,1-2H3,(H,20,21,22,24). The van der Waals surface area contributed by atoms with Crippen LogP contribution in [0.1, 0.15) is 18.4 Å². The number of benzene rings is 1. The van der Waals surface area contributed by atoms with Crippen molar-refractivity contribution in [1.29, 1.82) is 0 Å². The predicted octanol–water partition coefficient (Wildman–Crippen LogP) is 2.33. The molecule has 0 radical (unpaired) electrons. The van der Waals surface area contributed by atoms with Gasteiger partial charge >= 0.3 is 0 Å². The van der Waals surface area contributed by atoms with Crippen molar-refractivity contribution in [3.05, 3.63) is 39.6 Å². The molecule has 9 nitrogen and oxygen atoms in total. The van der Waals surface area contributed by atoms with Crippen molar-refractivity contribution < 1.29 is 21.6 Å². The largest absolute Gasteiger partial charge is 0.294 e. The highest BCUT2D eigenvalue weighted by molar-refractivity contribution is 14.1. The lowest BCUT2D eigenvalue weighted by molar-refractivity contribution is -0.117. The highest BCUT2D eigenvalue weighted by Crippen LogP contribution is 2.33. The van der Waals surface area contributed by atoms with E-state index in [0.717, 1.165) is 23.1 Å². The lowest BCUT2D eigenvalue weighted by atomic mass is 10.2. The van der Waals surface area contributed by atoms with E-state index in [-0.39, 0.29) is 38.7 Å². The third-order valence-corrected chi connectivity index (χ3v) is 8.33. The minimum atomic E-state index is -4.07. The van der Waals surface area contributed by atoms with Crippen LogP contribution in [0.2, 0.25) is 0 Å². The van der Waals surface area contributed by atoms with Gasteiger partial charge in [-0.3, -0.25) is 10.1 Å². The monoisotopic (exact) mass is 560 g/mol. The third-order valence-electron chi connectivity index (χ3n) is 4.70. The number of aromatic nitrogens is 3. The average Bonchev–Trinajstić information content (AvgIpc) is 3.45. The number of aryl methyl sites for hydroxylation is 1. The van der Waals surface area contributed by atoms with Crippen LogP contribution in [0.15, 0.2) is 40.4 Å². The summed E-state index contributed by atoms with van der Waals surface area (Å²) in [4.78, 5) is 20.5. The molecule has 1 N–H and O–H groups in total. The van der Waals surface area contributed by atoms with Gasteiger partial charge in [0.05, 0.1) is 10.3 Å². The van der Waals surface area contributed by atoms with Crippen molar-refractivity contribution in [3.63, 3.8) is 0 Å². The summed E-state index contributed by atoms with van der Waals surface area (Å²) in [6.45, 7) is 1.67. The Labute approximate surface area is 187 Å². The fraction of sp³-hybridized carbons (Fsp3) is 0.278. The van der Waals surface area contributed by atoms with Gasteiger partial charge in [0.25, 0.3) is 10.0 Å². The second kappa shape index (κ2) is 7.27. The van der Waals surface area contributed by atoms with E-state index in [9.17, 15) is 21.6 Å². The first-order valence-corrected chi connectivity index (χ1v) is 13.3. The summed E-state index contributed by atoms with van der Waals surface area (Å²) in [5, 5.41) is 2.28. The number of anilines is 1. The molecule has 0 spiro atoms. The second-order valence-corrected chi connectivity index (χ2v) is 12.0. The molecule has 1 aliphatic rings. The molecule has 1 aromatic carbocycles. The third kappa shape index (κ3) is 3.71. The molecule has 3 aromatic rings. The van der Waals surface area contributed by atoms with Crippen LogP contribution >= 0.6 is 22.6 Å². The smallest absolute Gasteiger partial charge is 0.269 e. The summed E-state index contributed by atoms with van der Waals surface area (Å²) < 4.78 is 52.8. The van der Waals surface area contributed by atoms with Crippen LogP contribution in [-0.2, 0) is 24.7 Å². The Morgan fingerprint density at radius 3 is 2.43 bits per heavy atom. The van der Waals surface area contributed by atoms with Crippen LogP contribution in [0, 0.1) is 16.4 Å². The number of nitrogens with one attached hydrogen (secondary N) is 1. The van der Waals surface area contributed by atoms with Gasteiger partial charge < -0.3 is 0 Å². The van der Waals surface area contributed by atoms with E-state index in [1.54, 1.807) is 25.1 Å². The summed E-state index contributed by atoms with van der Waals surface area (Å²) in [6, 6.07) is 6.47. The van der Waals surface area contributed by atoms with Crippen LogP contribution in [0.5, 0.6) is 0 Å². The van der Waals surface area contributed by atoms with Crippen molar-refractivity contribution in [1.82, 2.24) is 13.9 Å². The average molecular weight is 560 g/mol. The number of halogens is 1. The van der Waals surface area contributed by atoms with Crippen LogP contribution < -0.4 is 5.32 Å². The van der Waals surface area contributed by atoms with Gasteiger partial charge in [-0.25, -0.2) is 25.8 Å². The van der Waals surface area contributed by atoms with Crippen molar-refractivity contribution >= 4 is 65.3 Å². The van der Waals surface area contributed by atoms with Gasteiger partial charge in [-0.1, -0.05) is 18.2 Å². The number of carbonyl (C=O) groups excluding carboxylic acids is 1. The van der Waals surface area contributed by atoms with Crippen molar-refractivity contribution in [2.75, 3.05) is 11.6 Å². The predicted molar refractivity (Wildman–Crippen MR) is 118 cm³/mol. The molecule has 30 heavy (non-hydrogen) atoms. The van der Waals surface area contributed by atoms with Gasteiger partial charge in [-0.2, -0.15) is 4.98 Å². The first-order valence-electron chi connectivity index (χ1n) is 8.91. The molecule has 1 saturated carbocycles. The van der Waals surface area contributed by atoms with Gasteiger partial charge in [-0.15, -0.1) is 0 Å². The number of carbonyl (C=O) groups is 1. The van der Waals surface area contributed by atoms with Crippen LogP contribution in [0.25, 0.3) is 11.0 Å². The Kier molecular flexibility index (Phi) is 5.13. The number of fused-ring (bicyclic) bond motifs is 1. The van der Waals surface area contributed by atoms with Gasteiger partial charge in [0.15, 0.2) is 20.5 Å². The zero-order valence-corrected chi connectivity index (χ0v) is 19.7. The maximum Gasteiger partial charge on any atom is 0.269 e. The highest BCUT2D eigenvalue weighted by Gasteiger charge is 2.32. The molecule has 158 valence electrons. The Balaban J connectivity index is 2.00. The number of nitrogens with zero attached hydrogens (tertiary/aromatic N) is 3. The molecule has 2 aromatic heterocycles. The molecule has 0 atom stereocenters. The van der Waals surface area contributed by atoms with Gasteiger partial charge in [0.1, 0.15) is 0 Å². The topological polar surface area (TPSA) is 128 Å². The molecule has 1 aliphatic carbocycles. The number of sulfone groups is 1. The van der Waals surface area contributed by atoms with Crippen LogP contribution in [0.4, 0.5) is 5.95 Å². The van der Waals surface area contributed by atoms with E-state index in [1.807, 2.05) is 22.6 Å². The number of rotatable bonds is 5. The van der Waals surface area contributed by atoms with Crippen LogP contribution in [-0.4, -0.2) is 42.9 Å². The minimum absolute atomic E-state index is 0.0707. The van der Waals surface area contributed by atoms with Crippen molar-refractivity contribution in [3.8, 4) is 0 Å². The number of amides is 1. The van der Waals surface area contributed by atoms with Gasteiger partial charge in [-0.05, 0) is 54.0 Å². The zero-order chi connectivity index (χ0) is 21.8. The maximum atomic E-state index is 13.4. The molecule has 0 saturated heterocycles. The van der Waals surface area contributed by atoms with E-state index in [0.29, 0.717) is 9.13 Å². The van der Waals surface area contributed by atoms with E-state index >= 15 is 0 Å². The lowest BCUT2D eigenvalue weighted by Gasteiger charge is -2.11. The maximum absolute atomic E-state index is 13.4. The van der Waals surface area contributed by atoms with E-state index in [4.69, 9.17) is 0 Å². The summed E-state index contributed by atoms with van der Waals surface area (Å²) >= 11 is 1.85. The quantitative estimate of drug-likeness (QED) is 0.375. The Bertz CT molecular complexity index is 1410. The molecule has 1 fully saturated rings. The molecule has 4 rings (SSSR count). The molecule has 1 amide bonds. The number of hydrogen-bond acceptors (Lipinski definition) is 7. The van der Waals surface area contributed by atoms with E-state index < -0.39 is 19.9 Å². The fourth-order valence-electron chi connectivity index (χ4n) is 3.04.